The number of nitro groups is 1. The van der Waals surface area contributed by atoms with Crippen molar-refractivity contribution >= 4 is 44.8 Å². The van der Waals surface area contributed by atoms with Crippen molar-refractivity contribution in [2.24, 2.45) is 0 Å². The molecule has 0 spiro atoms. The van der Waals surface area contributed by atoms with Crippen LogP contribution in [0.1, 0.15) is 10.4 Å². The van der Waals surface area contributed by atoms with E-state index < -0.39 is 10.8 Å². The fraction of sp³-hybridized carbons (Fsp3) is 0.188. The molecular formula is C16H14BrClN2O5. The number of carbonyl (C=O) groups is 1. The van der Waals surface area contributed by atoms with Gasteiger partial charge in [0.1, 0.15) is 17.4 Å². The third kappa shape index (κ3) is 5.15. The maximum atomic E-state index is 12.3. The molecule has 0 saturated carbocycles. The molecule has 2 rings (SSSR count). The standard InChI is InChI=1S/C16H14BrClN2O5/c1-24-6-7-25-15-5-2-10(8-12(15)17)16(21)19-11-3-4-13(18)14(9-11)20(22)23/h2-5,8-9H,6-7H2,1H3,(H,19,21). The molecule has 7 nitrogen and oxygen atoms in total. The van der Waals surface area contributed by atoms with Crippen molar-refractivity contribution < 1.29 is 19.2 Å². The third-order valence-electron chi connectivity index (χ3n) is 3.14. The zero-order chi connectivity index (χ0) is 18.4. The van der Waals surface area contributed by atoms with Gasteiger partial charge < -0.3 is 14.8 Å². The molecule has 1 amide bonds. The zero-order valence-corrected chi connectivity index (χ0v) is 15.5. The molecule has 9 heteroatoms. The summed E-state index contributed by atoms with van der Waals surface area (Å²) in [6.45, 7) is 0.832. The van der Waals surface area contributed by atoms with Crippen LogP contribution in [-0.4, -0.2) is 31.2 Å². The summed E-state index contributed by atoms with van der Waals surface area (Å²) >= 11 is 9.09. The van der Waals surface area contributed by atoms with Gasteiger partial charge in [-0.05, 0) is 46.3 Å². The number of hydrogen-bond acceptors (Lipinski definition) is 5. The number of nitrogens with one attached hydrogen (secondary N) is 1. The highest BCUT2D eigenvalue weighted by Crippen LogP contribution is 2.29. The Labute approximate surface area is 157 Å². The van der Waals surface area contributed by atoms with Crippen LogP contribution in [0, 0.1) is 10.1 Å². The van der Waals surface area contributed by atoms with Crippen LogP contribution in [0.2, 0.25) is 5.02 Å². The topological polar surface area (TPSA) is 90.7 Å². The summed E-state index contributed by atoms with van der Waals surface area (Å²) in [4.78, 5) is 22.6. The largest absolute Gasteiger partial charge is 0.490 e. The summed E-state index contributed by atoms with van der Waals surface area (Å²) in [7, 11) is 1.58. The first-order valence-electron chi connectivity index (χ1n) is 7.09. The van der Waals surface area contributed by atoms with E-state index in [0.29, 0.717) is 29.0 Å². The van der Waals surface area contributed by atoms with Gasteiger partial charge in [0.15, 0.2) is 0 Å². The van der Waals surface area contributed by atoms with Crippen molar-refractivity contribution in [1.29, 1.82) is 0 Å². The highest BCUT2D eigenvalue weighted by atomic mass is 79.9. The van der Waals surface area contributed by atoms with E-state index >= 15 is 0 Å². The number of methoxy groups -OCH3 is 1. The lowest BCUT2D eigenvalue weighted by atomic mass is 10.2. The lowest BCUT2D eigenvalue weighted by Gasteiger charge is -2.10. The molecular weight excluding hydrogens is 416 g/mol. The molecule has 0 radical (unpaired) electrons. The number of nitro benzene ring substituents is 1. The second kappa shape index (κ2) is 8.80. The lowest BCUT2D eigenvalue weighted by molar-refractivity contribution is -0.384. The summed E-state index contributed by atoms with van der Waals surface area (Å²) in [5.41, 5.74) is 0.365. The van der Waals surface area contributed by atoms with Gasteiger partial charge in [-0.25, -0.2) is 0 Å². The van der Waals surface area contributed by atoms with E-state index in [-0.39, 0.29) is 16.4 Å². The first kappa shape index (κ1) is 19.2. The number of ether oxygens (including phenoxy) is 2. The third-order valence-corrected chi connectivity index (χ3v) is 4.08. The average molecular weight is 430 g/mol. The summed E-state index contributed by atoms with van der Waals surface area (Å²) in [6.07, 6.45) is 0. The van der Waals surface area contributed by atoms with Gasteiger partial charge in [-0.2, -0.15) is 0 Å². The minimum Gasteiger partial charge on any atom is -0.490 e. The second-order valence-corrected chi connectivity index (χ2v) is 6.13. The predicted molar refractivity (Wildman–Crippen MR) is 97.6 cm³/mol. The summed E-state index contributed by atoms with van der Waals surface area (Å²) < 4.78 is 11.0. The van der Waals surface area contributed by atoms with Crippen LogP contribution in [0.3, 0.4) is 0 Å². The number of anilines is 1. The smallest absolute Gasteiger partial charge is 0.289 e. The van der Waals surface area contributed by atoms with Crippen LogP contribution in [0.25, 0.3) is 0 Å². The van der Waals surface area contributed by atoms with E-state index in [1.54, 1.807) is 25.3 Å². The Balaban J connectivity index is 2.12. The molecule has 1 N–H and O–H groups in total. The molecule has 2 aromatic rings. The van der Waals surface area contributed by atoms with Crippen molar-refractivity contribution in [3.05, 3.63) is 61.6 Å². The molecule has 2 aromatic carbocycles. The van der Waals surface area contributed by atoms with Gasteiger partial charge in [0.25, 0.3) is 11.6 Å². The van der Waals surface area contributed by atoms with Crippen LogP contribution < -0.4 is 10.1 Å². The fourth-order valence-electron chi connectivity index (χ4n) is 1.93. The van der Waals surface area contributed by atoms with Gasteiger partial charge >= 0.3 is 0 Å². The number of nitrogens with zero attached hydrogens (tertiary/aromatic N) is 1. The first-order chi connectivity index (χ1) is 11.9. The van der Waals surface area contributed by atoms with E-state index in [1.807, 2.05) is 0 Å². The molecule has 0 fully saturated rings. The van der Waals surface area contributed by atoms with Crippen LogP contribution >= 0.6 is 27.5 Å². The van der Waals surface area contributed by atoms with Gasteiger partial charge in [-0.15, -0.1) is 0 Å². The number of hydrogen-bond donors (Lipinski definition) is 1. The number of amides is 1. The maximum Gasteiger partial charge on any atom is 0.289 e. The lowest BCUT2D eigenvalue weighted by Crippen LogP contribution is -2.12. The van der Waals surface area contributed by atoms with E-state index in [9.17, 15) is 14.9 Å². The predicted octanol–water partition coefficient (Wildman–Crippen LogP) is 4.29. The Hall–Kier alpha value is -2.16. The Bertz CT molecular complexity index is 800. The number of carbonyl (C=O) groups excluding carboxylic acids is 1. The Kier molecular flexibility index (Phi) is 6.74. The maximum absolute atomic E-state index is 12.3. The van der Waals surface area contributed by atoms with Crippen LogP contribution in [0.15, 0.2) is 40.9 Å². The van der Waals surface area contributed by atoms with Crippen LogP contribution in [-0.2, 0) is 4.74 Å². The minimum atomic E-state index is -0.610. The molecule has 0 aliphatic carbocycles. The monoisotopic (exact) mass is 428 g/mol. The average Bonchev–Trinajstić information content (AvgIpc) is 2.57. The zero-order valence-electron chi connectivity index (χ0n) is 13.1. The van der Waals surface area contributed by atoms with Crippen molar-refractivity contribution in [2.45, 2.75) is 0 Å². The summed E-state index contributed by atoms with van der Waals surface area (Å²) in [5, 5.41) is 13.5. The normalized spacial score (nSPS) is 10.4. The minimum absolute atomic E-state index is 0.00306. The van der Waals surface area contributed by atoms with Crippen molar-refractivity contribution in [1.82, 2.24) is 0 Å². The molecule has 0 aliphatic heterocycles. The number of benzene rings is 2. The molecule has 0 heterocycles. The van der Waals surface area contributed by atoms with Crippen molar-refractivity contribution in [3.8, 4) is 5.75 Å². The van der Waals surface area contributed by atoms with E-state index in [2.05, 4.69) is 21.2 Å². The molecule has 0 bridgehead atoms. The quantitative estimate of drug-likeness (QED) is 0.403. The van der Waals surface area contributed by atoms with E-state index in [4.69, 9.17) is 21.1 Å². The van der Waals surface area contributed by atoms with Gasteiger partial charge in [0.05, 0.1) is 16.0 Å². The summed E-state index contributed by atoms with van der Waals surface area (Å²) in [6, 6.07) is 8.90. The summed E-state index contributed by atoms with van der Waals surface area (Å²) in [5.74, 6) is 0.163. The van der Waals surface area contributed by atoms with E-state index in [1.165, 1.54) is 18.2 Å². The fourth-order valence-corrected chi connectivity index (χ4v) is 2.61. The van der Waals surface area contributed by atoms with Gasteiger partial charge in [0, 0.05) is 24.4 Å². The molecule has 132 valence electrons. The molecule has 25 heavy (non-hydrogen) atoms. The molecule has 0 atom stereocenters. The Morgan fingerprint density at radius 1 is 1.28 bits per heavy atom. The molecule has 0 saturated heterocycles. The number of rotatable bonds is 7. The van der Waals surface area contributed by atoms with E-state index in [0.717, 1.165) is 0 Å². The molecule has 0 aliphatic rings. The highest BCUT2D eigenvalue weighted by Gasteiger charge is 2.15. The van der Waals surface area contributed by atoms with Crippen LogP contribution in [0.5, 0.6) is 5.75 Å². The highest BCUT2D eigenvalue weighted by molar-refractivity contribution is 9.10. The van der Waals surface area contributed by atoms with Gasteiger partial charge in [-0.1, -0.05) is 11.6 Å². The number of halogens is 2. The second-order valence-electron chi connectivity index (χ2n) is 4.86. The van der Waals surface area contributed by atoms with Gasteiger partial charge in [-0.3, -0.25) is 14.9 Å². The van der Waals surface area contributed by atoms with Crippen LogP contribution in [0.4, 0.5) is 11.4 Å². The Morgan fingerprint density at radius 2 is 2.04 bits per heavy atom. The van der Waals surface area contributed by atoms with Crippen molar-refractivity contribution in [2.75, 3.05) is 25.6 Å². The molecule has 0 aromatic heterocycles. The SMILES string of the molecule is COCCOc1ccc(C(=O)Nc2ccc(Cl)c([N+](=O)[O-])c2)cc1Br. The molecule has 0 unspecified atom stereocenters. The first-order valence-corrected chi connectivity index (χ1v) is 8.26. The van der Waals surface area contributed by atoms with Crippen molar-refractivity contribution in [3.63, 3.8) is 0 Å². The Morgan fingerprint density at radius 3 is 2.68 bits per heavy atom. The van der Waals surface area contributed by atoms with Gasteiger partial charge in [0.2, 0.25) is 0 Å².